The molecule has 0 atom stereocenters. The van der Waals surface area contributed by atoms with Gasteiger partial charge in [0.15, 0.2) is 5.69 Å². The molecule has 6 rings (SSSR count). The number of rotatable bonds is 11. The topological polar surface area (TPSA) is 144 Å². The maximum Gasteiger partial charge on any atom is 1.00 e. The Morgan fingerprint density at radius 2 is 1.27 bits per heavy atom. The number of carboxylic acid groups (broad SMARTS) is 1. The second kappa shape index (κ2) is 17.2. The van der Waals surface area contributed by atoms with E-state index in [0.717, 1.165) is 71.4 Å². The first kappa shape index (κ1) is 34.2. The Morgan fingerprint density at radius 1 is 0.800 bits per heavy atom. The van der Waals surface area contributed by atoms with Crippen LogP contribution in [0.25, 0.3) is 11.3 Å². The minimum Gasteiger partial charge on any atom is -0.543 e. The zero-order valence-electron chi connectivity index (χ0n) is 25.8. The van der Waals surface area contributed by atoms with Gasteiger partial charge in [-0.2, -0.15) is 0 Å². The number of morpholine rings is 2. The number of carboxylic acids is 1. The molecule has 2 aliphatic heterocycles. The number of aromatic carboxylic acids is 1. The first-order chi connectivity index (χ1) is 21.5. The van der Waals surface area contributed by atoms with Crippen molar-refractivity contribution in [3.05, 3.63) is 60.4 Å². The summed E-state index contributed by atoms with van der Waals surface area (Å²) in [6.45, 7) is 11.9. The molecule has 0 amide bonds. The Kier molecular flexibility index (Phi) is 13.1. The standard InChI is InChI=1S/C16H21N3O4.C14H17N3O4.Li/c1-2-22-16(20)14-12-17-15-11-13(3-4-19(14)15)23-10-7-18-5-8-21-9-6-18;18-14(19)12-10-15-13-9-11(1-2-17(12)13)21-8-5-16-3-6-20-7-4-16;/h3-4,11-12H,2,5-10H2,1H3;1-2,9-10H,3-8H2,(H,18,19);/q;;+1/p-1. The average Bonchev–Trinajstić information content (AvgIpc) is 3.67. The van der Waals surface area contributed by atoms with Crippen molar-refractivity contribution in [2.45, 2.75) is 6.92 Å². The number of esters is 1. The normalized spacial score (nSPS) is 15.6. The molecule has 0 aliphatic carbocycles. The summed E-state index contributed by atoms with van der Waals surface area (Å²) in [4.78, 5) is 35.6. The fraction of sp³-hybridized carbons (Fsp3) is 0.467. The molecule has 0 spiro atoms. The summed E-state index contributed by atoms with van der Waals surface area (Å²) < 4.78 is 30.3. The van der Waals surface area contributed by atoms with Crippen LogP contribution in [0.5, 0.6) is 11.5 Å². The van der Waals surface area contributed by atoms with E-state index in [1.165, 1.54) is 16.8 Å². The Balaban J connectivity index is 0.000000201. The molecule has 15 heteroatoms. The van der Waals surface area contributed by atoms with E-state index in [0.29, 0.717) is 42.6 Å². The van der Waals surface area contributed by atoms with E-state index in [1.54, 1.807) is 35.9 Å². The van der Waals surface area contributed by atoms with Gasteiger partial charge in [-0.05, 0) is 19.1 Å². The maximum atomic E-state index is 11.8. The van der Waals surface area contributed by atoms with Crippen molar-refractivity contribution in [3.8, 4) is 11.5 Å². The second-order valence-electron chi connectivity index (χ2n) is 10.1. The van der Waals surface area contributed by atoms with E-state index in [2.05, 4.69) is 19.8 Å². The largest absolute Gasteiger partial charge is 1.00 e. The van der Waals surface area contributed by atoms with E-state index < -0.39 is 5.97 Å². The summed E-state index contributed by atoms with van der Waals surface area (Å²) in [5.74, 6) is -0.206. The van der Waals surface area contributed by atoms with Gasteiger partial charge >= 0.3 is 24.8 Å². The summed E-state index contributed by atoms with van der Waals surface area (Å²) in [5.41, 5.74) is 1.64. The first-order valence-corrected chi connectivity index (χ1v) is 14.7. The van der Waals surface area contributed by atoms with Gasteiger partial charge in [-0.3, -0.25) is 18.6 Å². The number of aromatic nitrogens is 4. The molecule has 45 heavy (non-hydrogen) atoms. The predicted octanol–water partition coefficient (Wildman–Crippen LogP) is -2.37. The molecule has 0 radical (unpaired) electrons. The van der Waals surface area contributed by atoms with E-state index in [4.69, 9.17) is 23.7 Å². The summed E-state index contributed by atoms with van der Waals surface area (Å²) in [6.07, 6.45) is 6.20. The predicted molar refractivity (Wildman–Crippen MR) is 156 cm³/mol. The van der Waals surface area contributed by atoms with Crippen molar-refractivity contribution >= 4 is 23.2 Å². The Labute approximate surface area is 272 Å². The van der Waals surface area contributed by atoms with E-state index in [1.807, 2.05) is 12.1 Å². The van der Waals surface area contributed by atoms with Crippen LogP contribution >= 0.6 is 0 Å². The summed E-state index contributed by atoms with van der Waals surface area (Å²) in [5, 5.41) is 10.9. The quantitative estimate of drug-likeness (QED) is 0.131. The number of carbonyl (C=O) groups excluding carboxylic acids is 2. The number of carbonyl (C=O) groups is 2. The Bertz CT molecular complexity index is 1530. The number of imidazole rings is 2. The molecule has 2 saturated heterocycles. The fourth-order valence-electron chi connectivity index (χ4n) is 4.85. The Morgan fingerprint density at radius 3 is 1.73 bits per heavy atom. The molecule has 6 heterocycles. The van der Waals surface area contributed by atoms with Gasteiger partial charge in [0.1, 0.15) is 36.0 Å². The molecule has 2 aliphatic rings. The molecule has 236 valence electrons. The van der Waals surface area contributed by atoms with Crippen molar-refractivity contribution in [1.82, 2.24) is 28.6 Å². The van der Waals surface area contributed by atoms with Crippen molar-refractivity contribution in [1.29, 1.82) is 0 Å². The molecule has 0 N–H and O–H groups in total. The van der Waals surface area contributed by atoms with Gasteiger partial charge in [0.05, 0.1) is 57.1 Å². The number of hydrogen-bond acceptors (Lipinski definition) is 12. The second-order valence-corrected chi connectivity index (χ2v) is 10.1. The van der Waals surface area contributed by atoms with Gasteiger partial charge in [0.2, 0.25) is 0 Å². The van der Waals surface area contributed by atoms with Crippen LogP contribution < -0.4 is 33.4 Å². The van der Waals surface area contributed by atoms with Gasteiger partial charge in [-0.1, -0.05) is 0 Å². The van der Waals surface area contributed by atoms with Crippen LogP contribution in [0.15, 0.2) is 49.1 Å². The zero-order valence-corrected chi connectivity index (χ0v) is 25.8. The van der Waals surface area contributed by atoms with Crippen LogP contribution in [-0.4, -0.2) is 126 Å². The number of pyridine rings is 2. The molecular formula is C30H37LiN6O8. The summed E-state index contributed by atoms with van der Waals surface area (Å²) >= 11 is 0. The molecule has 2 fully saturated rings. The molecule has 0 unspecified atom stereocenters. The van der Waals surface area contributed by atoms with E-state index in [9.17, 15) is 14.7 Å². The number of fused-ring (bicyclic) bond motifs is 2. The minimum absolute atomic E-state index is 0. The van der Waals surface area contributed by atoms with Crippen LogP contribution in [0.4, 0.5) is 0 Å². The first-order valence-electron chi connectivity index (χ1n) is 14.7. The minimum atomic E-state index is -1.25. The zero-order chi connectivity index (χ0) is 30.7. The third-order valence-electron chi connectivity index (χ3n) is 7.22. The molecule has 14 nitrogen and oxygen atoms in total. The monoisotopic (exact) mass is 616 g/mol. The van der Waals surface area contributed by atoms with Crippen LogP contribution in [0.3, 0.4) is 0 Å². The fourth-order valence-corrected chi connectivity index (χ4v) is 4.85. The number of ether oxygens (including phenoxy) is 5. The molecule has 0 aromatic carbocycles. The third-order valence-corrected chi connectivity index (χ3v) is 7.22. The van der Waals surface area contributed by atoms with Crippen molar-refractivity contribution in [3.63, 3.8) is 0 Å². The van der Waals surface area contributed by atoms with Crippen LogP contribution in [-0.2, 0) is 14.2 Å². The Hall–Kier alpha value is -3.64. The van der Waals surface area contributed by atoms with Gasteiger partial charge in [-0.25, -0.2) is 14.8 Å². The van der Waals surface area contributed by atoms with E-state index in [-0.39, 0.29) is 30.5 Å². The van der Waals surface area contributed by atoms with Gasteiger partial charge < -0.3 is 33.6 Å². The summed E-state index contributed by atoms with van der Waals surface area (Å²) in [6, 6.07) is 7.09. The van der Waals surface area contributed by atoms with Gasteiger partial charge in [-0.15, -0.1) is 0 Å². The van der Waals surface area contributed by atoms with Crippen molar-refractivity contribution in [2.75, 3.05) is 85.5 Å². The number of nitrogens with zero attached hydrogens (tertiary/aromatic N) is 6. The SMILES string of the molecule is CCOC(=O)c1cnc2cc(OCCN3CCOCC3)ccn12.O=C([O-])c1cnc2cc(OCCN3CCOCC3)ccn12.[Li+]. The summed E-state index contributed by atoms with van der Waals surface area (Å²) in [7, 11) is 0. The smallest absolute Gasteiger partial charge is 0.543 e. The van der Waals surface area contributed by atoms with Gasteiger partial charge in [0, 0.05) is 63.8 Å². The van der Waals surface area contributed by atoms with Crippen molar-refractivity contribution in [2.24, 2.45) is 0 Å². The molecule has 0 saturated carbocycles. The van der Waals surface area contributed by atoms with Crippen LogP contribution in [0.2, 0.25) is 0 Å². The van der Waals surface area contributed by atoms with Gasteiger partial charge in [0.25, 0.3) is 0 Å². The molecule has 4 aromatic heterocycles. The molecular weight excluding hydrogens is 579 g/mol. The van der Waals surface area contributed by atoms with Crippen LogP contribution in [0, 0.1) is 0 Å². The maximum absolute atomic E-state index is 11.8. The number of hydrogen-bond donors (Lipinski definition) is 0. The third kappa shape index (κ3) is 9.43. The van der Waals surface area contributed by atoms with E-state index >= 15 is 0 Å². The van der Waals surface area contributed by atoms with Crippen molar-refractivity contribution < 1.29 is 57.2 Å². The molecule has 0 bridgehead atoms. The molecule has 4 aromatic rings. The van der Waals surface area contributed by atoms with Crippen LogP contribution in [0.1, 0.15) is 27.9 Å². The average molecular weight is 617 g/mol.